The standard InChI is InChI=1S/C15H12N2O3S/c18-14(17-19)9-20-11-5-3-4-10(8-11)15-16-12-6-1-2-7-13(12)21-15/h1-8,19H,9H2,(H,17,18). The van der Waals surface area contributed by atoms with Crippen LogP contribution in [0.3, 0.4) is 0 Å². The lowest BCUT2D eigenvalue weighted by Crippen LogP contribution is -2.25. The van der Waals surface area contributed by atoms with Gasteiger partial charge in [-0.1, -0.05) is 24.3 Å². The lowest BCUT2D eigenvalue weighted by atomic mass is 10.2. The van der Waals surface area contributed by atoms with Crippen molar-refractivity contribution >= 4 is 27.5 Å². The molecule has 0 fully saturated rings. The van der Waals surface area contributed by atoms with Crippen LogP contribution in [0, 0.1) is 0 Å². The minimum Gasteiger partial charge on any atom is -0.484 e. The highest BCUT2D eigenvalue weighted by atomic mass is 32.1. The lowest BCUT2D eigenvalue weighted by Gasteiger charge is -2.05. The highest BCUT2D eigenvalue weighted by molar-refractivity contribution is 7.21. The summed E-state index contributed by atoms with van der Waals surface area (Å²) in [5.41, 5.74) is 3.42. The zero-order valence-electron chi connectivity index (χ0n) is 10.9. The summed E-state index contributed by atoms with van der Waals surface area (Å²) in [4.78, 5) is 15.5. The van der Waals surface area contributed by atoms with Gasteiger partial charge in [0.05, 0.1) is 10.2 Å². The number of carbonyl (C=O) groups is 1. The number of ether oxygens (including phenoxy) is 1. The van der Waals surface area contributed by atoms with Crippen molar-refractivity contribution in [2.75, 3.05) is 6.61 Å². The number of benzene rings is 2. The molecule has 0 aliphatic carbocycles. The number of thiazole rings is 1. The zero-order chi connectivity index (χ0) is 14.7. The minimum atomic E-state index is -0.597. The van der Waals surface area contributed by atoms with E-state index in [9.17, 15) is 4.79 Å². The van der Waals surface area contributed by atoms with Gasteiger partial charge in [-0.05, 0) is 24.3 Å². The summed E-state index contributed by atoms with van der Waals surface area (Å²) < 4.78 is 6.42. The van der Waals surface area contributed by atoms with Crippen molar-refractivity contribution in [3.8, 4) is 16.3 Å². The third-order valence-corrected chi connectivity index (χ3v) is 3.95. The van der Waals surface area contributed by atoms with Gasteiger partial charge in [-0.15, -0.1) is 11.3 Å². The predicted molar refractivity (Wildman–Crippen MR) is 80.5 cm³/mol. The monoisotopic (exact) mass is 300 g/mol. The third-order valence-electron chi connectivity index (χ3n) is 2.87. The maximum Gasteiger partial charge on any atom is 0.281 e. The first-order chi connectivity index (χ1) is 10.3. The van der Waals surface area contributed by atoms with Crippen LogP contribution in [-0.2, 0) is 4.79 Å². The highest BCUT2D eigenvalue weighted by Crippen LogP contribution is 2.31. The van der Waals surface area contributed by atoms with Crippen molar-refractivity contribution in [1.29, 1.82) is 0 Å². The normalized spacial score (nSPS) is 10.5. The average Bonchev–Trinajstić information content (AvgIpc) is 2.97. The molecule has 1 heterocycles. The van der Waals surface area contributed by atoms with Gasteiger partial charge in [-0.25, -0.2) is 10.5 Å². The van der Waals surface area contributed by atoms with Crippen LogP contribution >= 0.6 is 11.3 Å². The lowest BCUT2D eigenvalue weighted by molar-refractivity contribution is -0.131. The topological polar surface area (TPSA) is 71.5 Å². The van der Waals surface area contributed by atoms with Crippen molar-refractivity contribution in [2.45, 2.75) is 0 Å². The van der Waals surface area contributed by atoms with Crippen molar-refractivity contribution in [2.24, 2.45) is 0 Å². The Hall–Kier alpha value is -2.44. The molecule has 3 rings (SSSR count). The number of hydroxylamine groups is 1. The first-order valence-corrected chi connectivity index (χ1v) is 7.09. The van der Waals surface area contributed by atoms with Crippen LogP contribution in [0.2, 0.25) is 0 Å². The van der Waals surface area contributed by atoms with Crippen molar-refractivity contribution in [3.63, 3.8) is 0 Å². The van der Waals surface area contributed by atoms with Gasteiger partial charge in [0.25, 0.3) is 5.91 Å². The molecule has 0 atom stereocenters. The van der Waals surface area contributed by atoms with Gasteiger partial charge < -0.3 is 4.74 Å². The molecular weight excluding hydrogens is 288 g/mol. The molecule has 6 heteroatoms. The maximum absolute atomic E-state index is 11.0. The molecule has 1 amide bonds. The molecule has 0 aliphatic rings. The molecule has 2 N–H and O–H groups in total. The Bertz CT molecular complexity index is 752. The fourth-order valence-corrected chi connectivity index (χ4v) is 2.86. The van der Waals surface area contributed by atoms with Gasteiger partial charge in [0.15, 0.2) is 6.61 Å². The van der Waals surface area contributed by atoms with E-state index in [0.717, 1.165) is 20.8 Å². The molecule has 0 bridgehead atoms. The molecule has 5 nitrogen and oxygen atoms in total. The third kappa shape index (κ3) is 3.01. The Morgan fingerprint density at radius 3 is 2.90 bits per heavy atom. The van der Waals surface area contributed by atoms with Gasteiger partial charge in [0.2, 0.25) is 0 Å². The number of nitrogens with one attached hydrogen (secondary N) is 1. The van der Waals surface area contributed by atoms with E-state index < -0.39 is 5.91 Å². The Morgan fingerprint density at radius 1 is 1.24 bits per heavy atom. The van der Waals surface area contributed by atoms with Gasteiger partial charge in [-0.3, -0.25) is 10.0 Å². The molecule has 0 saturated carbocycles. The van der Waals surface area contributed by atoms with Gasteiger partial charge in [0.1, 0.15) is 10.8 Å². The van der Waals surface area contributed by atoms with Crippen molar-refractivity contribution in [3.05, 3.63) is 48.5 Å². The van der Waals surface area contributed by atoms with Crippen LogP contribution < -0.4 is 10.2 Å². The summed E-state index contributed by atoms with van der Waals surface area (Å²) in [7, 11) is 0. The SMILES string of the molecule is O=C(COc1cccc(-c2nc3ccccc3s2)c1)NO. The Kier molecular flexibility index (Phi) is 3.81. The van der Waals surface area contributed by atoms with Crippen LogP contribution in [0.5, 0.6) is 5.75 Å². The summed E-state index contributed by atoms with van der Waals surface area (Å²) in [6, 6.07) is 15.3. The predicted octanol–water partition coefficient (Wildman–Crippen LogP) is 2.85. The second kappa shape index (κ2) is 5.90. The summed E-state index contributed by atoms with van der Waals surface area (Å²) in [5, 5.41) is 9.33. The first kappa shape index (κ1) is 13.5. The van der Waals surface area contributed by atoms with Gasteiger partial charge in [-0.2, -0.15) is 0 Å². The van der Waals surface area contributed by atoms with Crippen LogP contribution in [0.1, 0.15) is 0 Å². The molecule has 3 aromatic rings. The van der Waals surface area contributed by atoms with E-state index in [4.69, 9.17) is 9.94 Å². The smallest absolute Gasteiger partial charge is 0.281 e. The molecule has 0 aliphatic heterocycles. The number of aromatic nitrogens is 1. The van der Waals surface area contributed by atoms with E-state index in [2.05, 4.69) is 4.98 Å². The van der Waals surface area contributed by atoms with E-state index in [1.165, 1.54) is 5.48 Å². The molecular formula is C15H12N2O3S. The highest BCUT2D eigenvalue weighted by Gasteiger charge is 2.07. The van der Waals surface area contributed by atoms with Crippen LogP contribution in [0.15, 0.2) is 48.5 Å². The molecule has 0 radical (unpaired) electrons. The number of para-hydroxylation sites is 1. The molecule has 0 spiro atoms. The summed E-state index contributed by atoms with van der Waals surface area (Å²) in [6.45, 7) is -0.236. The molecule has 21 heavy (non-hydrogen) atoms. The number of hydrogen-bond acceptors (Lipinski definition) is 5. The van der Waals surface area contributed by atoms with Crippen LogP contribution in [-0.4, -0.2) is 22.7 Å². The number of nitrogens with zero attached hydrogens (tertiary/aromatic N) is 1. The quantitative estimate of drug-likeness (QED) is 0.574. The van der Waals surface area contributed by atoms with Gasteiger partial charge >= 0.3 is 0 Å². The number of hydrogen-bond donors (Lipinski definition) is 2. The number of fused-ring (bicyclic) bond motifs is 1. The van der Waals surface area contributed by atoms with Crippen molar-refractivity contribution < 1.29 is 14.7 Å². The summed E-state index contributed by atoms with van der Waals surface area (Å²) in [6.07, 6.45) is 0. The Morgan fingerprint density at radius 2 is 2.10 bits per heavy atom. The maximum atomic E-state index is 11.0. The molecule has 106 valence electrons. The average molecular weight is 300 g/mol. The second-order valence-electron chi connectivity index (χ2n) is 4.34. The first-order valence-electron chi connectivity index (χ1n) is 6.28. The Balaban J connectivity index is 1.86. The second-order valence-corrected chi connectivity index (χ2v) is 5.37. The van der Waals surface area contributed by atoms with Crippen molar-refractivity contribution in [1.82, 2.24) is 10.5 Å². The fraction of sp³-hybridized carbons (Fsp3) is 0.0667. The molecule has 0 saturated heterocycles. The largest absolute Gasteiger partial charge is 0.484 e. The molecule has 2 aromatic carbocycles. The zero-order valence-corrected chi connectivity index (χ0v) is 11.8. The van der Waals surface area contributed by atoms with Crippen LogP contribution in [0.4, 0.5) is 0 Å². The molecule has 1 aromatic heterocycles. The molecule has 0 unspecified atom stereocenters. The van der Waals surface area contributed by atoms with E-state index in [1.807, 2.05) is 42.5 Å². The Labute approximate surface area is 124 Å². The summed E-state index contributed by atoms with van der Waals surface area (Å²) in [5.74, 6) is -0.0456. The van der Waals surface area contributed by atoms with E-state index in [0.29, 0.717) is 5.75 Å². The summed E-state index contributed by atoms with van der Waals surface area (Å²) >= 11 is 1.60. The van der Waals surface area contributed by atoms with E-state index in [-0.39, 0.29) is 6.61 Å². The fourth-order valence-electron chi connectivity index (χ4n) is 1.90. The number of rotatable bonds is 4. The minimum absolute atomic E-state index is 0.236. The van der Waals surface area contributed by atoms with Gasteiger partial charge in [0, 0.05) is 5.56 Å². The van der Waals surface area contributed by atoms with Crippen LogP contribution in [0.25, 0.3) is 20.8 Å². The van der Waals surface area contributed by atoms with E-state index in [1.54, 1.807) is 17.4 Å². The number of amides is 1. The number of carbonyl (C=O) groups excluding carboxylic acids is 1. The van der Waals surface area contributed by atoms with E-state index >= 15 is 0 Å².